The van der Waals surface area contributed by atoms with Gasteiger partial charge in [0.15, 0.2) is 17.3 Å². The quantitative estimate of drug-likeness (QED) is 0.288. The van der Waals surface area contributed by atoms with Crippen LogP contribution in [0.1, 0.15) is 24.8 Å². The standard InChI is InChI=1S/C29H29FN4O5/c1-37-27-13-21-22(15-28(27)38-11-5-10-34-8-2-3-9-34)31-18-32-29(21)33-23-14-25(36)26(16-24(23)35)39-17-19-6-4-7-20(30)12-19/h4,6-7,12-16,18H,2-3,5,8-11,17H2,1H3,(H,31,32,33). The second kappa shape index (κ2) is 12.0. The zero-order valence-corrected chi connectivity index (χ0v) is 21.6. The number of carbonyl (C=O) groups is 2. The van der Waals surface area contributed by atoms with Gasteiger partial charge < -0.3 is 24.4 Å². The smallest absolute Gasteiger partial charge is 0.222 e. The van der Waals surface area contributed by atoms with Gasteiger partial charge in [0, 0.05) is 30.1 Å². The van der Waals surface area contributed by atoms with Crippen molar-refractivity contribution in [2.75, 3.05) is 38.7 Å². The molecule has 202 valence electrons. The molecule has 1 saturated heterocycles. The highest BCUT2D eigenvalue weighted by Crippen LogP contribution is 2.34. The molecule has 3 aromatic rings. The topological polar surface area (TPSA) is 103 Å². The number of methoxy groups -OCH3 is 1. The summed E-state index contributed by atoms with van der Waals surface area (Å²) in [7, 11) is 1.55. The van der Waals surface area contributed by atoms with Gasteiger partial charge >= 0.3 is 0 Å². The molecule has 9 nitrogen and oxygen atoms in total. The van der Waals surface area contributed by atoms with Gasteiger partial charge in [0.25, 0.3) is 0 Å². The van der Waals surface area contributed by atoms with Crippen molar-refractivity contribution in [2.45, 2.75) is 25.9 Å². The van der Waals surface area contributed by atoms with Crippen LogP contribution in [0, 0.1) is 5.82 Å². The Labute approximate surface area is 225 Å². The van der Waals surface area contributed by atoms with Gasteiger partial charge in [0.05, 0.1) is 24.9 Å². The summed E-state index contributed by atoms with van der Waals surface area (Å²) < 4.78 is 30.4. The van der Waals surface area contributed by atoms with Crippen molar-refractivity contribution < 1.29 is 28.2 Å². The lowest BCUT2D eigenvalue weighted by Crippen LogP contribution is -2.22. The summed E-state index contributed by atoms with van der Waals surface area (Å²) in [5, 5.41) is 3.54. The maximum atomic E-state index is 13.4. The number of fused-ring (bicyclic) bond motifs is 1. The molecule has 2 aromatic carbocycles. The number of nitrogens with one attached hydrogen (secondary N) is 1. The molecule has 1 aliphatic carbocycles. The van der Waals surface area contributed by atoms with E-state index < -0.39 is 17.4 Å². The number of aromatic nitrogens is 2. The second-order valence-corrected chi connectivity index (χ2v) is 9.33. The van der Waals surface area contributed by atoms with E-state index in [4.69, 9.17) is 14.2 Å². The summed E-state index contributed by atoms with van der Waals surface area (Å²) in [6.07, 6.45) is 7.06. The minimum absolute atomic E-state index is 0.0410. The van der Waals surface area contributed by atoms with Crippen LogP contribution in [0.25, 0.3) is 10.9 Å². The Balaban J connectivity index is 1.26. The molecule has 2 heterocycles. The average molecular weight is 533 g/mol. The summed E-state index contributed by atoms with van der Waals surface area (Å²) in [5.41, 5.74) is 1.17. The third-order valence-corrected chi connectivity index (χ3v) is 6.58. The first-order valence-electron chi connectivity index (χ1n) is 12.8. The summed E-state index contributed by atoms with van der Waals surface area (Å²) in [5.74, 6) is -0.0573. The van der Waals surface area contributed by atoms with E-state index in [1.807, 2.05) is 0 Å². The number of halogens is 1. The van der Waals surface area contributed by atoms with Gasteiger partial charge in [-0.25, -0.2) is 14.4 Å². The molecule has 5 rings (SSSR count). The van der Waals surface area contributed by atoms with Crippen LogP contribution in [-0.4, -0.2) is 59.8 Å². The van der Waals surface area contributed by atoms with Crippen molar-refractivity contribution in [1.29, 1.82) is 0 Å². The van der Waals surface area contributed by atoms with Gasteiger partial charge in [0.1, 0.15) is 24.6 Å². The van der Waals surface area contributed by atoms with E-state index in [0.717, 1.165) is 38.2 Å². The van der Waals surface area contributed by atoms with Crippen LogP contribution in [0.2, 0.25) is 0 Å². The Morgan fingerprint density at radius 3 is 2.64 bits per heavy atom. The molecule has 10 heteroatoms. The molecular weight excluding hydrogens is 503 g/mol. The number of likely N-dealkylation sites (tertiary alicyclic amines) is 1. The number of ether oxygens (including phenoxy) is 3. The number of hydrogen-bond donors (Lipinski definition) is 1. The molecule has 0 saturated carbocycles. The van der Waals surface area contributed by atoms with Crippen LogP contribution in [0.4, 0.5) is 10.2 Å². The predicted octanol–water partition coefficient (Wildman–Crippen LogP) is 4.19. The van der Waals surface area contributed by atoms with E-state index in [1.54, 1.807) is 31.4 Å². The molecule has 0 bridgehead atoms. The molecule has 0 amide bonds. The van der Waals surface area contributed by atoms with Gasteiger partial charge in [-0.15, -0.1) is 0 Å². The Hall–Kier alpha value is -4.31. The van der Waals surface area contributed by atoms with Crippen LogP contribution in [0.5, 0.6) is 11.5 Å². The molecule has 0 spiro atoms. The van der Waals surface area contributed by atoms with Crippen molar-refractivity contribution in [2.24, 2.45) is 0 Å². The summed E-state index contributed by atoms with van der Waals surface area (Å²) in [4.78, 5) is 36.5. The van der Waals surface area contributed by atoms with Crippen LogP contribution in [0.15, 0.2) is 66.3 Å². The molecule has 1 aromatic heterocycles. The van der Waals surface area contributed by atoms with Gasteiger partial charge in [-0.05, 0) is 56.1 Å². The Bertz CT molecular complexity index is 1450. The van der Waals surface area contributed by atoms with Gasteiger partial charge in [0.2, 0.25) is 11.6 Å². The SMILES string of the molecule is COc1cc2c(NC3=CC(=O)C(OCc4cccc(F)c4)=CC3=O)ncnc2cc1OCCCN1CCCC1. The van der Waals surface area contributed by atoms with E-state index in [0.29, 0.717) is 40.4 Å². The number of ketones is 2. The molecule has 39 heavy (non-hydrogen) atoms. The number of rotatable bonds is 11. The lowest BCUT2D eigenvalue weighted by atomic mass is 10.1. The lowest BCUT2D eigenvalue weighted by molar-refractivity contribution is -0.117. The average Bonchev–Trinajstić information content (AvgIpc) is 3.45. The fourth-order valence-corrected chi connectivity index (χ4v) is 4.58. The third kappa shape index (κ3) is 6.40. The monoisotopic (exact) mass is 532 g/mol. The lowest BCUT2D eigenvalue weighted by Gasteiger charge is -2.17. The summed E-state index contributed by atoms with van der Waals surface area (Å²) in [6.45, 7) is 3.80. The third-order valence-electron chi connectivity index (χ3n) is 6.58. The zero-order chi connectivity index (χ0) is 27.2. The fraction of sp³-hybridized carbons (Fsp3) is 0.310. The van der Waals surface area contributed by atoms with Gasteiger partial charge in [-0.1, -0.05) is 12.1 Å². The molecule has 1 N–H and O–H groups in total. The van der Waals surface area contributed by atoms with Crippen LogP contribution < -0.4 is 14.8 Å². The normalized spacial score (nSPS) is 15.7. The first-order valence-corrected chi connectivity index (χ1v) is 12.8. The summed E-state index contributed by atoms with van der Waals surface area (Å²) in [6, 6.07) is 9.35. The van der Waals surface area contributed by atoms with E-state index in [-0.39, 0.29) is 18.1 Å². The zero-order valence-electron chi connectivity index (χ0n) is 21.6. The fourth-order valence-electron chi connectivity index (χ4n) is 4.58. The molecule has 0 unspecified atom stereocenters. The van der Waals surface area contributed by atoms with Crippen molar-refractivity contribution in [1.82, 2.24) is 14.9 Å². The minimum Gasteiger partial charge on any atom is -0.493 e. The summed E-state index contributed by atoms with van der Waals surface area (Å²) >= 11 is 0. The van der Waals surface area contributed by atoms with Crippen molar-refractivity contribution in [3.8, 4) is 11.5 Å². The van der Waals surface area contributed by atoms with E-state index >= 15 is 0 Å². The number of nitrogens with zero attached hydrogens (tertiary/aromatic N) is 3. The van der Waals surface area contributed by atoms with E-state index in [2.05, 4.69) is 20.2 Å². The molecule has 2 aliphatic rings. The molecule has 1 aliphatic heterocycles. The maximum Gasteiger partial charge on any atom is 0.222 e. The number of anilines is 1. The van der Waals surface area contributed by atoms with E-state index in [1.165, 1.54) is 31.3 Å². The van der Waals surface area contributed by atoms with Gasteiger partial charge in [-0.3, -0.25) is 9.59 Å². The Morgan fingerprint density at radius 1 is 1.00 bits per heavy atom. The second-order valence-electron chi connectivity index (χ2n) is 9.33. The number of allylic oxidation sites excluding steroid dienone is 2. The highest BCUT2D eigenvalue weighted by Gasteiger charge is 2.23. The van der Waals surface area contributed by atoms with E-state index in [9.17, 15) is 14.0 Å². The maximum absolute atomic E-state index is 13.4. The van der Waals surface area contributed by atoms with Crippen LogP contribution in [-0.2, 0) is 20.9 Å². The molecule has 0 radical (unpaired) electrons. The van der Waals surface area contributed by atoms with Gasteiger partial charge in [-0.2, -0.15) is 0 Å². The molecular formula is C29H29FN4O5. The number of carbonyl (C=O) groups excluding carboxylic acids is 2. The van der Waals surface area contributed by atoms with Crippen molar-refractivity contribution in [3.63, 3.8) is 0 Å². The number of benzene rings is 2. The predicted molar refractivity (Wildman–Crippen MR) is 143 cm³/mol. The highest BCUT2D eigenvalue weighted by atomic mass is 19.1. The van der Waals surface area contributed by atoms with Crippen LogP contribution >= 0.6 is 0 Å². The Morgan fingerprint density at radius 2 is 1.85 bits per heavy atom. The first-order chi connectivity index (χ1) is 19.0. The minimum atomic E-state index is -0.492. The number of hydrogen-bond acceptors (Lipinski definition) is 9. The van der Waals surface area contributed by atoms with Crippen molar-refractivity contribution in [3.05, 3.63) is 77.7 Å². The highest BCUT2D eigenvalue weighted by molar-refractivity contribution is 6.20. The Kier molecular flexibility index (Phi) is 8.12. The molecule has 0 atom stereocenters. The largest absolute Gasteiger partial charge is 0.493 e. The first kappa shape index (κ1) is 26.3. The van der Waals surface area contributed by atoms with Crippen LogP contribution in [0.3, 0.4) is 0 Å². The molecule has 1 fully saturated rings. The van der Waals surface area contributed by atoms with Crippen molar-refractivity contribution >= 4 is 28.3 Å².